The summed E-state index contributed by atoms with van der Waals surface area (Å²) in [5.74, 6) is 0.00660. The van der Waals surface area contributed by atoms with Crippen LogP contribution in [0.5, 0.6) is 11.5 Å². The van der Waals surface area contributed by atoms with Crippen molar-refractivity contribution in [3.8, 4) is 11.5 Å². The van der Waals surface area contributed by atoms with Crippen LogP contribution in [0.1, 0.15) is 38.8 Å². The second-order valence-electron chi connectivity index (χ2n) is 5.68. The average molecular weight is 364 g/mol. The summed E-state index contributed by atoms with van der Waals surface area (Å²) >= 11 is 5.48. The number of nitrogens with one attached hydrogen (secondary N) is 1. The van der Waals surface area contributed by atoms with Gasteiger partial charge in [-0.25, -0.2) is 4.79 Å². The van der Waals surface area contributed by atoms with Crippen molar-refractivity contribution in [1.29, 1.82) is 0 Å². The maximum atomic E-state index is 12.4. The number of carbonyl (C=O) groups excluding carboxylic acids is 1. The van der Waals surface area contributed by atoms with E-state index in [1.54, 1.807) is 18.2 Å². The molecule has 0 bridgehead atoms. The Hall–Kier alpha value is -2.28. The van der Waals surface area contributed by atoms with Gasteiger partial charge in [0.1, 0.15) is 0 Å². The number of thiocarbonyl (C=S) groups is 1. The smallest absolute Gasteiger partial charge is 0.337 e. The molecule has 2 rings (SSSR count). The van der Waals surface area contributed by atoms with Crippen molar-refractivity contribution in [2.45, 2.75) is 33.2 Å². The Morgan fingerprint density at radius 3 is 2.72 bits per heavy atom. The van der Waals surface area contributed by atoms with Gasteiger partial charge in [0, 0.05) is 12.2 Å². The van der Waals surface area contributed by atoms with E-state index in [2.05, 4.69) is 5.32 Å². The number of nitrogens with zero attached hydrogens (tertiary/aromatic N) is 1. The predicted octanol–water partition coefficient (Wildman–Crippen LogP) is 2.88. The molecule has 25 heavy (non-hydrogen) atoms. The third-order valence-electron chi connectivity index (χ3n) is 4.07. The third kappa shape index (κ3) is 3.87. The Balaban J connectivity index is 2.53. The van der Waals surface area contributed by atoms with Gasteiger partial charge in [-0.2, -0.15) is 0 Å². The molecule has 0 fully saturated rings. The lowest BCUT2D eigenvalue weighted by Gasteiger charge is -2.37. The molecular formula is C18H24N2O4S. The molecule has 1 aliphatic rings. The van der Waals surface area contributed by atoms with Crippen molar-refractivity contribution in [2.24, 2.45) is 0 Å². The van der Waals surface area contributed by atoms with Crippen LogP contribution in [0.15, 0.2) is 29.5 Å². The summed E-state index contributed by atoms with van der Waals surface area (Å²) < 4.78 is 10.4. The number of hydrogen-bond donors (Lipinski definition) is 2. The van der Waals surface area contributed by atoms with Gasteiger partial charge in [-0.3, -0.25) is 0 Å². The monoisotopic (exact) mass is 364 g/mol. The second-order valence-corrected chi connectivity index (χ2v) is 6.07. The van der Waals surface area contributed by atoms with Crippen molar-refractivity contribution in [3.05, 3.63) is 35.0 Å². The van der Waals surface area contributed by atoms with Crippen molar-refractivity contribution >= 4 is 23.3 Å². The molecule has 1 aliphatic heterocycles. The molecule has 1 atom stereocenters. The largest absolute Gasteiger partial charge is 0.504 e. The lowest BCUT2D eigenvalue weighted by Crippen LogP contribution is -2.48. The van der Waals surface area contributed by atoms with Gasteiger partial charge in [0.05, 0.1) is 25.3 Å². The van der Waals surface area contributed by atoms with Crippen LogP contribution >= 0.6 is 12.2 Å². The standard InChI is InChI=1S/C18H24N2O4S/c1-5-9-20-11(3)15(17(22)23-4)16(19-18(20)25)12-7-8-13(21)14(10-12)24-6-2/h7-8,10,16,21H,5-6,9H2,1-4H3,(H,19,25). The Kier molecular flexibility index (Phi) is 6.25. The summed E-state index contributed by atoms with van der Waals surface area (Å²) in [5, 5.41) is 13.7. The molecule has 7 heteroatoms. The number of allylic oxidation sites excluding steroid dienone is 1. The van der Waals surface area contributed by atoms with Crippen LogP contribution in [-0.4, -0.2) is 41.3 Å². The average Bonchev–Trinajstić information content (AvgIpc) is 2.59. The zero-order valence-electron chi connectivity index (χ0n) is 15.0. The minimum Gasteiger partial charge on any atom is -0.504 e. The summed E-state index contributed by atoms with van der Waals surface area (Å²) in [6, 6.07) is 4.54. The van der Waals surface area contributed by atoms with Crippen LogP contribution in [0.25, 0.3) is 0 Å². The number of aromatic hydroxyl groups is 1. The van der Waals surface area contributed by atoms with Gasteiger partial charge in [0.2, 0.25) is 0 Å². The number of hydrogen-bond acceptors (Lipinski definition) is 5. The summed E-state index contributed by atoms with van der Waals surface area (Å²) in [6.07, 6.45) is 0.895. The van der Waals surface area contributed by atoms with Gasteiger partial charge in [-0.1, -0.05) is 13.0 Å². The van der Waals surface area contributed by atoms with Gasteiger partial charge in [-0.15, -0.1) is 0 Å². The molecule has 1 unspecified atom stereocenters. The SMILES string of the molecule is CCCN1C(=S)NC(c2ccc(O)c(OCC)c2)C(C(=O)OC)=C1C. The lowest BCUT2D eigenvalue weighted by atomic mass is 9.94. The maximum Gasteiger partial charge on any atom is 0.337 e. The maximum absolute atomic E-state index is 12.4. The molecule has 2 N–H and O–H groups in total. The molecule has 0 saturated carbocycles. The Bertz CT molecular complexity index is 702. The predicted molar refractivity (Wildman–Crippen MR) is 99.5 cm³/mol. The first-order valence-electron chi connectivity index (χ1n) is 8.27. The Morgan fingerprint density at radius 2 is 2.12 bits per heavy atom. The van der Waals surface area contributed by atoms with Crippen molar-refractivity contribution in [3.63, 3.8) is 0 Å². The van der Waals surface area contributed by atoms with E-state index in [9.17, 15) is 9.90 Å². The fourth-order valence-corrected chi connectivity index (χ4v) is 3.23. The van der Waals surface area contributed by atoms with E-state index in [-0.39, 0.29) is 5.75 Å². The molecule has 0 amide bonds. The quantitative estimate of drug-likeness (QED) is 0.594. The normalized spacial score (nSPS) is 17.4. The molecule has 0 aliphatic carbocycles. The van der Waals surface area contributed by atoms with Gasteiger partial charge < -0.3 is 24.8 Å². The van der Waals surface area contributed by atoms with Crippen LogP contribution < -0.4 is 10.1 Å². The topological polar surface area (TPSA) is 71.0 Å². The molecule has 0 spiro atoms. The molecule has 0 radical (unpaired) electrons. The van der Waals surface area contributed by atoms with Crippen LogP contribution in [-0.2, 0) is 9.53 Å². The summed E-state index contributed by atoms with van der Waals surface area (Å²) in [4.78, 5) is 14.3. The van der Waals surface area contributed by atoms with E-state index in [4.69, 9.17) is 21.7 Å². The van der Waals surface area contributed by atoms with Gasteiger partial charge in [0.15, 0.2) is 16.6 Å². The Morgan fingerprint density at radius 1 is 1.40 bits per heavy atom. The summed E-state index contributed by atoms with van der Waals surface area (Å²) in [5.41, 5.74) is 2.03. The zero-order valence-corrected chi connectivity index (χ0v) is 15.8. The highest BCUT2D eigenvalue weighted by atomic mass is 32.1. The first-order valence-corrected chi connectivity index (χ1v) is 8.68. The highest BCUT2D eigenvalue weighted by Crippen LogP contribution is 2.35. The molecule has 1 aromatic rings. The molecule has 136 valence electrons. The van der Waals surface area contributed by atoms with Crippen molar-refractivity contribution in [2.75, 3.05) is 20.3 Å². The Labute approximate surface area is 153 Å². The van der Waals surface area contributed by atoms with E-state index in [1.165, 1.54) is 7.11 Å². The lowest BCUT2D eigenvalue weighted by molar-refractivity contribution is -0.136. The number of phenolic OH excluding ortho intramolecular Hbond substituents is 1. The summed E-state index contributed by atoms with van der Waals surface area (Å²) in [7, 11) is 1.36. The zero-order chi connectivity index (χ0) is 18.6. The van der Waals surface area contributed by atoms with Crippen molar-refractivity contribution in [1.82, 2.24) is 10.2 Å². The molecule has 6 nitrogen and oxygen atoms in total. The van der Waals surface area contributed by atoms with E-state index < -0.39 is 12.0 Å². The molecule has 1 aromatic carbocycles. The highest BCUT2D eigenvalue weighted by molar-refractivity contribution is 7.80. The second kappa shape index (κ2) is 8.20. The van der Waals surface area contributed by atoms with Crippen LogP contribution in [0.4, 0.5) is 0 Å². The number of ether oxygens (including phenoxy) is 2. The van der Waals surface area contributed by atoms with E-state index in [0.29, 0.717) is 29.6 Å². The molecular weight excluding hydrogens is 340 g/mol. The van der Waals surface area contributed by atoms with Crippen LogP contribution in [0.2, 0.25) is 0 Å². The van der Waals surface area contributed by atoms with Gasteiger partial charge in [0.25, 0.3) is 0 Å². The van der Waals surface area contributed by atoms with Crippen molar-refractivity contribution < 1.29 is 19.4 Å². The minimum absolute atomic E-state index is 0.0527. The summed E-state index contributed by atoms with van der Waals surface area (Å²) in [6.45, 7) is 6.90. The van der Waals surface area contributed by atoms with Crippen LogP contribution in [0.3, 0.4) is 0 Å². The fourth-order valence-electron chi connectivity index (χ4n) is 2.88. The van der Waals surface area contributed by atoms with Crippen LogP contribution in [0, 0.1) is 0 Å². The molecule has 0 aromatic heterocycles. The number of rotatable bonds is 6. The first kappa shape index (κ1) is 19.1. The number of benzene rings is 1. The van der Waals surface area contributed by atoms with Gasteiger partial charge >= 0.3 is 5.97 Å². The fraction of sp³-hybridized carbons (Fsp3) is 0.444. The molecule has 1 heterocycles. The van der Waals surface area contributed by atoms with E-state index >= 15 is 0 Å². The first-order chi connectivity index (χ1) is 11.9. The number of carbonyl (C=O) groups is 1. The third-order valence-corrected chi connectivity index (χ3v) is 4.40. The van der Waals surface area contributed by atoms with E-state index in [1.807, 2.05) is 25.7 Å². The molecule has 0 saturated heterocycles. The van der Waals surface area contributed by atoms with Gasteiger partial charge in [-0.05, 0) is 50.2 Å². The minimum atomic E-state index is -0.465. The number of phenols is 1. The number of methoxy groups -OCH3 is 1. The number of esters is 1. The highest BCUT2D eigenvalue weighted by Gasteiger charge is 2.34. The van der Waals surface area contributed by atoms with E-state index in [0.717, 1.165) is 17.7 Å².